The van der Waals surface area contributed by atoms with Crippen molar-refractivity contribution in [3.8, 4) is 0 Å². The van der Waals surface area contributed by atoms with Gasteiger partial charge in [0.15, 0.2) is 5.76 Å². The minimum atomic E-state index is 0.433. The fourth-order valence-electron chi connectivity index (χ4n) is 1.72. The molecule has 1 aromatic rings. The Labute approximate surface area is 89.2 Å². The van der Waals surface area contributed by atoms with Gasteiger partial charge in [0.05, 0.1) is 25.5 Å². The first-order chi connectivity index (χ1) is 7.29. The Morgan fingerprint density at radius 2 is 2.53 bits per heavy atom. The van der Waals surface area contributed by atoms with Crippen molar-refractivity contribution < 1.29 is 9.26 Å². The monoisotopic (exact) mass is 211 g/mol. The minimum Gasteiger partial charge on any atom is -0.379 e. The van der Waals surface area contributed by atoms with Crippen LogP contribution in [0, 0.1) is 0 Å². The number of rotatable bonds is 3. The second kappa shape index (κ2) is 4.74. The lowest BCUT2D eigenvalue weighted by Gasteiger charge is -2.32. The lowest BCUT2D eigenvalue weighted by molar-refractivity contribution is -0.00779. The van der Waals surface area contributed by atoms with Crippen molar-refractivity contribution in [1.82, 2.24) is 10.1 Å². The van der Waals surface area contributed by atoms with E-state index in [-0.39, 0.29) is 0 Å². The second-order valence-electron chi connectivity index (χ2n) is 3.88. The molecule has 5 heteroatoms. The van der Waals surface area contributed by atoms with Crippen LogP contribution in [0.4, 0.5) is 0 Å². The largest absolute Gasteiger partial charge is 0.379 e. The summed E-state index contributed by atoms with van der Waals surface area (Å²) in [4.78, 5) is 2.32. The zero-order valence-corrected chi connectivity index (χ0v) is 8.98. The highest BCUT2D eigenvalue weighted by Gasteiger charge is 2.20. The maximum atomic E-state index is 5.47. The third kappa shape index (κ3) is 2.56. The zero-order valence-electron chi connectivity index (χ0n) is 8.98. The van der Waals surface area contributed by atoms with E-state index in [1.165, 1.54) is 0 Å². The van der Waals surface area contributed by atoms with E-state index in [0.29, 0.717) is 12.6 Å². The Morgan fingerprint density at radius 1 is 1.67 bits per heavy atom. The second-order valence-corrected chi connectivity index (χ2v) is 3.88. The first kappa shape index (κ1) is 10.6. The van der Waals surface area contributed by atoms with E-state index in [2.05, 4.69) is 17.0 Å². The molecule has 1 aliphatic rings. The Hall–Kier alpha value is -0.910. The highest BCUT2D eigenvalue weighted by molar-refractivity contribution is 5.05. The van der Waals surface area contributed by atoms with Gasteiger partial charge in [-0.2, -0.15) is 0 Å². The van der Waals surface area contributed by atoms with Gasteiger partial charge in [0.1, 0.15) is 0 Å². The van der Waals surface area contributed by atoms with Crippen molar-refractivity contribution in [2.75, 3.05) is 19.8 Å². The maximum absolute atomic E-state index is 5.47. The van der Waals surface area contributed by atoms with Crippen LogP contribution in [0.5, 0.6) is 0 Å². The normalized spacial score (nSPS) is 23.2. The first-order valence-corrected chi connectivity index (χ1v) is 5.26. The van der Waals surface area contributed by atoms with Gasteiger partial charge < -0.3 is 15.0 Å². The molecule has 0 bridgehead atoms. The predicted molar refractivity (Wildman–Crippen MR) is 55.1 cm³/mol. The summed E-state index contributed by atoms with van der Waals surface area (Å²) in [6, 6.07) is 2.35. The van der Waals surface area contributed by atoms with E-state index in [9.17, 15) is 0 Å². The number of hydrogen-bond acceptors (Lipinski definition) is 5. The number of nitrogens with two attached hydrogens (primary N) is 1. The van der Waals surface area contributed by atoms with Gasteiger partial charge in [0.2, 0.25) is 0 Å². The Bertz CT molecular complexity index is 313. The van der Waals surface area contributed by atoms with Crippen LogP contribution < -0.4 is 5.73 Å². The summed E-state index contributed by atoms with van der Waals surface area (Å²) >= 11 is 0. The Morgan fingerprint density at radius 3 is 3.20 bits per heavy atom. The lowest BCUT2D eigenvalue weighted by Crippen LogP contribution is -2.42. The molecule has 1 atom stereocenters. The molecule has 1 aliphatic heterocycles. The Kier molecular flexibility index (Phi) is 3.35. The highest BCUT2D eigenvalue weighted by Crippen LogP contribution is 2.12. The molecule has 0 amide bonds. The van der Waals surface area contributed by atoms with E-state index in [1.807, 2.05) is 6.07 Å². The number of aromatic nitrogens is 1. The molecular formula is C10H17N3O2. The van der Waals surface area contributed by atoms with E-state index < -0.39 is 0 Å². The van der Waals surface area contributed by atoms with Gasteiger partial charge in [-0.05, 0) is 6.92 Å². The molecule has 0 radical (unpaired) electrons. The van der Waals surface area contributed by atoms with Crippen molar-refractivity contribution in [3.05, 3.63) is 17.5 Å². The molecule has 0 aromatic carbocycles. The Balaban J connectivity index is 1.95. The third-order valence-corrected chi connectivity index (χ3v) is 2.68. The standard InChI is InChI=1S/C10H17N3O2/c1-8-7-14-3-2-13(8)6-10-4-9(5-11)12-15-10/h4,8H,2-3,5-7,11H2,1H3. The number of ether oxygens (including phenoxy) is 1. The van der Waals surface area contributed by atoms with E-state index >= 15 is 0 Å². The van der Waals surface area contributed by atoms with Crippen LogP contribution in [-0.4, -0.2) is 35.9 Å². The van der Waals surface area contributed by atoms with E-state index in [4.69, 9.17) is 15.0 Å². The van der Waals surface area contributed by atoms with E-state index in [1.54, 1.807) is 0 Å². The van der Waals surface area contributed by atoms with Crippen molar-refractivity contribution in [3.63, 3.8) is 0 Å². The summed E-state index contributed by atoms with van der Waals surface area (Å²) < 4.78 is 10.6. The molecule has 0 spiro atoms. The predicted octanol–water partition coefficient (Wildman–Crippen LogP) is 0.354. The van der Waals surface area contributed by atoms with Crippen LogP contribution in [0.1, 0.15) is 18.4 Å². The average Bonchev–Trinajstić information content (AvgIpc) is 2.69. The van der Waals surface area contributed by atoms with Crippen molar-refractivity contribution in [2.24, 2.45) is 5.73 Å². The first-order valence-electron chi connectivity index (χ1n) is 5.26. The molecule has 0 saturated carbocycles. The number of nitrogens with zero attached hydrogens (tertiary/aromatic N) is 2. The third-order valence-electron chi connectivity index (χ3n) is 2.68. The fraction of sp³-hybridized carbons (Fsp3) is 0.700. The maximum Gasteiger partial charge on any atom is 0.151 e. The zero-order chi connectivity index (χ0) is 10.7. The van der Waals surface area contributed by atoms with E-state index in [0.717, 1.165) is 37.8 Å². The van der Waals surface area contributed by atoms with Gasteiger partial charge in [0, 0.05) is 25.2 Å². The van der Waals surface area contributed by atoms with Crippen molar-refractivity contribution >= 4 is 0 Å². The molecule has 2 heterocycles. The van der Waals surface area contributed by atoms with Crippen molar-refractivity contribution in [2.45, 2.75) is 26.1 Å². The summed E-state index contributed by atoms with van der Waals surface area (Å²) in [5.41, 5.74) is 6.28. The average molecular weight is 211 g/mol. The van der Waals surface area contributed by atoms with Crippen LogP contribution in [0.15, 0.2) is 10.6 Å². The molecule has 1 saturated heterocycles. The number of hydrogen-bond donors (Lipinski definition) is 1. The quantitative estimate of drug-likeness (QED) is 0.781. The van der Waals surface area contributed by atoms with Crippen molar-refractivity contribution in [1.29, 1.82) is 0 Å². The molecule has 15 heavy (non-hydrogen) atoms. The van der Waals surface area contributed by atoms with Gasteiger partial charge >= 0.3 is 0 Å². The van der Waals surface area contributed by atoms with Crippen LogP contribution in [0.25, 0.3) is 0 Å². The summed E-state index contributed by atoms with van der Waals surface area (Å²) in [6.07, 6.45) is 0. The summed E-state index contributed by atoms with van der Waals surface area (Å²) in [7, 11) is 0. The van der Waals surface area contributed by atoms with Gasteiger partial charge in [-0.1, -0.05) is 5.16 Å². The fourth-order valence-corrected chi connectivity index (χ4v) is 1.72. The van der Waals surface area contributed by atoms with Crippen LogP contribution in [0.3, 0.4) is 0 Å². The van der Waals surface area contributed by atoms with Gasteiger partial charge in [0.25, 0.3) is 0 Å². The molecule has 1 fully saturated rings. The molecule has 84 valence electrons. The summed E-state index contributed by atoms with van der Waals surface area (Å²) in [5, 5.41) is 3.87. The molecule has 2 rings (SSSR count). The van der Waals surface area contributed by atoms with Crippen LogP contribution in [0.2, 0.25) is 0 Å². The summed E-state index contributed by atoms with van der Waals surface area (Å²) in [6.45, 7) is 5.90. The smallest absolute Gasteiger partial charge is 0.151 e. The van der Waals surface area contributed by atoms with Crippen LogP contribution in [-0.2, 0) is 17.8 Å². The molecule has 1 aromatic heterocycles. The SMILES string of the molecule is CC1COCCN1Cc1cc(CN)no1. The lowest BCUT2D eigenvalue weighted by atomic mass is 10.2. The molecule has 0 aliphatic carbocycles. The topological polar surface area (TPSA) is 64.5 Å². The minimum absolute atomic E-state index is 0.433. The van der Waals surface area contributed by atoms with Gasteiger partial charge in [-0.15, -0.1) is 0 Å². The molecule has 2 N–H and O–H groups in total. The molecular weight excluding hydrogens is 194 g/mol. The summed E-state index contributed by atoms with van der Waals surface area (Å²) in [5.74, 6) is 0.879. The van der Waals surface area contributed by atoms with Gasteiger partial charge in [-0.3, -0.25) is 4.90 Å². The molecule has 1 unspecified atom stereocenters. The molecule has 5 nitrogen and oxygen atoms in total. The number of morpholine rings is 1. The van der Waals surface area contributed by atoms with Crippen LogP contribution >= 0.6 is 0 Å². The van der Waals surface area contributed by atoms with Gasteiger partial charge in [-0.25, -0.2) is 0 Å². The highest BCUT2D eigenvalue weighted by atomic mass is 16.5.